The SMILES string of the molecule is CC(=O)NC1(c2ccccc2)CCN(Cc2c(OC(=O)C3CC3)ccc(Cl)c2Cl)CC1. The molecule has 2 aromatic carbocycles. The van der Waals surface area contributed by atoms with E-state index >= 15 is 0 Å². The van der Waals surface area contributed by atoms with Crippen molar-refractivity contribution in [2.75, 3.05) is 13.1 Å². The van der Waals surface area contributed by atoms with E-state index in [0.717, 1.165) is 49.9 Å². The molecule has 1 aliphatic heterocycles. The van der Waals surface area contributed by atoms with Crippen molar-refractivity contribution in [3.63, 3.8) is 0 Å². The largest absolute Gasteiger partial charge is 0.426 e. The molecule has 5 nitrogen and oxygen atoms in total. The van der Waals surface area contributed by atoms with Gasteiger partial charge >= 0.3 is 5.97 Å². The molecule has 0 radical (unpaired) electrons. The third-order valence-electron chi connectivity index (χ3n) is 6.11. The molecule has 0 spiro atoms. The molecule has 1 amide bonds. The van der Waals surface area contributed by atoms with E-state index in [4.69, 9.17) is 27.9 Å². The third kappa shape index (κ3) is 5.05. The highest BCUT2D eigenvalue weighted by atomic mass is 35.5. The molecule has 164 valence electrons. The average molecular weight is 461 g/mol. The van der Waals surface area contributed by atoms with Crippen LogP contribution in [0.3, 0.4) is 0 Å². The highest BCUT2D eigenvalue weighted by Crippen LogP contribution is 2.38. The minimum atomic E-state index is -0.386. The Hall–Kier alpha value is -2.08. The van der Waals surface area contributed by atoms with Crippen LogP contribution in [0.5, 0.6) is 5.75 Å². The van der Waals surface area contributed by atoms with Crippen molar-refractivity contribution in [3.8, 4) is 5.75 Å². The van der Waals surface area contributed by atoms with Crippen LogP contribution in [0.4, 0.5) is 0 Å². The van der Waals surface area contributed by atoms with Crippen molar-refractivity contribution in [2.45, 2.75) is 44.7 Å². The number of esters is 1. The standard InChI is InChI=1S/C24H26Cl2N2O3/c1-16(29)27-24(18-5-3-2-4-6-18)11-13-28(14-12-24)15-19-21(10-9-20(25)22(19)26)31-23(30)17-7-8-17/h2-6,9-10,17H,7-8,11-15H2,1H3,(H,27,29). The van der Waals surface area contributed by atoms with Gasteiger partial charge in [0.05, 0.1) is 21.5 Å². The van der Waals surface area contributed by atoms with Gasteiger partial charge in [-0.3, -0.25) is 14.5 Å². The van der Waals surface area contributed by atoms with Crippen molar-refractivity contribution < 1.29 is 14.3 Å². The molecule has 2 aromatic rings. The van der Waals surface area contributed by atoms with E-state index in [9.17, 15) is 9.59 Å². The van der Waals surface area contributed by atoms with Gasteiger partial charge in [-0.15, -0.1) is 0 Å². The molecule has 2 fully saturated rings. The maximum Gasteiger partial charge on any atom is 0.314 e. The van der Waals surface area contributed by atoms with Crippen molar-refractivity contribution >= 4 is 35.1 Å². The smallest absolute Gasteiger partial charge is 0.314 e. The first-order valence-electron chi connectivity index (χ1n) is 10.6. The lowest BCUT2D eigenvalue weighted by Crippen LogP contribution is -2.52. The second-order valence-corrected chi connectivity index (χ2v) is 9.22. The Morgan fingerprint density at radius 1 is 1.10 bits per heavy atom. The number of hydrogen-bond acceptors (Lipinski definition) is 4. The lowest BCUT2D eigenvalue weighted by Gasteiger charge is -2.43. The first kappa shape index (κ1) is 22.1. The highest BCUT2D eigenvalue weighted by molar-refractivity contribution is 6.42. The minimum absolute atomic E-state index is 0.00133. The second kappa shape index (κ2) is 9.19. The molecule has 1 N–H and O–H groups in total. The van der Waals surface area contributed by atoms with Gasteiger partial charge < -0.3 is 10.1 Å². The number of benzene rings is 2. The molecule has 0 aromatic heterocycles. The fourth-order valence-electron chi connectivity index (χ4n) is 4.23. The van der Waals surface area contributed by atoms with Crippen molar-refractivity contribution in [1.82, 2.24) is 10.2 Å². The summed E-state index contributed by atoms with van der Waals surface area (Å²) in [6, 6.07) is 13.5. The van der Waals surface area contributed by atoms with E-state index in [-0.39, 0.29) is 23.3 Å². The molecule has 2 aliphatic rings. The van der Waals surface area contributed by atoms with Crippen LogP contribution >= 0.6 is 23.2 Å². The Kier molecular flexibility index (Phi) is 6.56. The fraction of sp³-hybridized carbons (Fsp3) is 0.417. The molecule has 0 bridgehead atoms. The molecule has 1 saturated carbocycles. The summed E-state index contributed by atoms with van der Waals surface area (Å²) in [6.07, 6.45) is 3.30. The van der Waals surface area contributed by atoms with E-state index in [0.29, 0.717) is 22.3 Å². The van der Waals surface area contributed by atoms with Crippen molar-refractivity contribution in [3.05, 3.63) is 63.6 Å². The van der Waals surface area contributed by atoms with Gasteiger partial charge in [-0.25, -0.2) is 0 Å². The maximum atomic E-state index is 12.2. The number of hydrogen-bond donors (Lipinski definition) is 1. The number of carbonyl (C=O) groups excluding carboxylic acids is 2. The van der Waals surface area contributed by atoms with Crippen LogP contribution in [-0.2, 0) is 21.7 Å². The van der Waals surface area contributed by atoms with Gasteiger partial charge in [-0.2, -0.15) is 0 Å². The van der Waals surface area contributed by atoms with Crippen LogP contribution in [0.15, 0.2) is 42.5 Å². The molecule has 0 atom stereocenters. The first-order valence-corrected chi connectivity index (χ1v) is 11.4. The van der Waals surface area contributed by atoms with Gasteiger partial charge in [0.2, 0.25) is 5.91 Å². The Morgan fingerprint density at radius 3 is 2.39 bits per heavy atom. The van der Waals surface area contributed by atoms with Crippen LogP contribution in [-0.4, -0.2) is 29.9 Å². The maximum absolute atomic E-state index is 12.2. The Morgan fingerprint density at radius 2 is 1.77 bits per heavy atom. The van der Waals surface area contributed by atoms with Gasteiger partial charge in [0, 0.05) is 32.1 Å². The minimum Gasteiger partial charge on any atom is -0.426 e. The number of ether oxygens (including phenoxy) is 1. The van der Waals surface area contributed by atoms with Crippen LogP contribution < -0.4 is 10.1 Å². The number of nitrogens with zero attached hydrogens (tertiary/aromatic N) is 1. The number of rotatable bonds is 6. The molecule has 7 heteroatoms. The molecular formula is C24H26Cl2N2O3. The second-order valence-electron chi connectivity index (χ2n) is 8.44. The third-order valence-corrected chi connectivity index (χ3v) is 6.95. The molecule has 0 unspecified atom stereocenters. The summed E-state index contributed by atoms with van der Waals surface area (Å²) in [5.74, 6) is 0.242. The zero-order valence-electron chi connectivity index (χ0n) is 17.5. The number of halogens is 2. The molecule has 4 rings (SSSR count). The molecular weight excluding hydrogens is 435 g/mol. The van der Waals surface area contributed by atoms with Crippen molar-refractivity contribution in [2.24, 2.45) is 5.92 Å². The highest BCUT2D eigenvalue weighted by Gasteiger charge is 2.37. The van der Waals surface area contributed by atoms with Crippen molar-refractivity contribution in [1.29, 1.82) is 0 Å². The zero-order valence-corrected chi connectivity index (χ0v) is 19.0. The summed E-state index contributed by atoms with van der Waals surface area (Å²) >= 11 is 12.8. The van der Waals surface area contributed by atoms with E-state index in [2.05, 4.69) is 22.3 Å². The summed E-state index contributed by atoms with van der Waals surface area (Å²) in [5.41, 5.74) is 1.46. The van der Waals surface area contributed by atoms with Gasteiger partial charge in [0.1, 0.15) is 5.75 Å². The van der Waals surface area contributed by atoms with E-state index < -0.39 is 0 Å². The summed E-state index contributed by atoms with van der Waals surface area (Å²) in [6.45, 7) is 3.60. The Bertz CT molecular complexity index is 968. The van der Waals surface area contributed by atoms with Crippen LogP contribution in [0.25, 0.3) is 0 Å². The Labute approximate surface area is 192 Å². The van der Waals surface area contributed by atoms with Gasteiger partial charge in [0.15, 0.2) is 0 Å². The lowest BCUT2D eigenvalue weighted by atomic mass is 9.80. The lowest BCUT2D eigenvalue weighted by molar-refractivity contribution is -0.135. The van der Waals surface area contributed by atoms with E-state index in [1.165, 1.54) is 0 Å². The summed E-state index contributed by atoms with van der Waals surface area (Å²) in [5, 5.41) is 4.05. The zero-order chi connectivity index (χ0) is 22.0. The predicted molar refractivity (Wildman–Crippen MR) is 121 cm³/mol. The van der Waals surface area contributed by atoms with E-state index in [1.807, 2.05) is 18.2 Å². The quantitative estimate of drug-likeness (QED) is 0.489. The average Bonchev–Trinajstić information content (AvgIpc) is 3.60. The number of amides is 1. The number of carbonyl (C=O) groups is 2. The normalized spacial score (nSPS) is 18.4. The predicted octanol–water partition coefficient (Wildman–Crippen LogP) is 4.94. The van der Waals surface area contributed by atoms with Gasteiger partial charge in [-0.05, 0) is 43.4 Å². The molecule has 1 aliphatic carbocycles. The fourth-order valence-corrected chi connectivity index (χ4v) is 4.62. The van der Waals surface area contributed by atoms with Crippen LogP contribution in [0, 0.1) is 5.92 Å². The van der Waals surface area contributed by atoms with Crippen LogP contribution in [0.1, 0.15) is 43.7 Å². The number of likely N-dealkylation sites (tertiary alicyclic amines) is 1. The van der Waals surface area contributed by atoms with E-state index in [1.54, 1.807) is 19.1 Å². The molecule has 31 heavy (non-hydrogen) atoms. The van der Waals surface area contributed by atoms with Gasteiger partial charge in [0.25, 0.3) is 0 Å². The molecule has 1 saturated heterocycles. The number of nitrogens with one attached hydrogen (secondary N) is 1. The topological polar surface area (TPSA) is 58.6 Å². The monoisotopic (exact) mass is 460 g/mol. The number of piperidine rings is 1. The van der Waals surface area contributed by atoms with Crippen LogP contribution in [0.2, 0.25) is 10.0 Å². The Balaban J connectivity index is 1.51. The summed E-state index contributed by atoms with van der Waals surface area (Å²) in [4.78, 5) is 26.4. The summed E-state index contributed by atoms with van der Waals surface area (Å²) in [7, 11) is 0. The van der Waals surface area contributed by atoms with Gasteiger partial charge in [-0.1, -0.05) is 53.5 Å². The first-order chi connectivity index (χ1) is 14.9. The summed E-state index contributed by atoms with van der Waals surface area (Å²) < 4.78 is 5.64. The molecule has 1 heterocycles.